The Bertz CT molecular complexity index is 1020. The van der Waals surface area contributed by atoms with E-state index in [0.29, 0.717) is 22.4 Å². The average Bonchev–Trinajstić information content (AvgIpc) is 2.75. The van der Waals surface area contributed by atoms with Crippen molar-refractivity contribution in [1.29, 1.82) is 0 Å². The Kier molecular flexibility index (Phi) is 6.89. The van der Waals surface area contributed by atoms with E-state index in [4.69, 9.17) is 4.74 Å². The molecule has 6 nitrogen and oxygen atoms in total. The van der Waals surface area contributed by atoms with Gasteiger partial charge in [0.25, 0.3) is 5.91 Å². The number of carbonyl (C=O) groups is 2. The number of hydrogen-bond donors (Lipinski definition) is 2. The van der Waals surface area contributed by atoms with E-state index in [0.717, 1.165) is 4.47 Å². The molecule has 0 saturated heterocycles. The minimum Gasteiger partial charge on any atom is -0.423 e. The molecule has 7 heteroatoms. The van der Waals surface area contributed by atoms with E-state index in [1.165, 1.54) is 6.21 Å². The predicted molar refractivity (Wildman–Crippen MR) is 113 cm³/mol. The van der Waals surface area contributed by atoms with Crippen LogP contribution < -0.4 is 10.2 Å². The lowest BCUT2D eigenvalue weighted by Gasteiger charge is -2.08. The largest absolute Gasteiger partial charge is 0.423 e. The number of hydrogen-bond acceptors (Lipinski definition) is 5. The van der Waals surface area contributed by atoms with Crippen molar-refractivity contribution in [1.82, 2.24) is 5.43 Å². The summed E-state index contributed by atoms with van der Waals surface area (Å²) in [5.41, 5.74) is 3.89. The van der Waals surface area contributed by atoms with Crippen LogP contribution in [0.3, 0.4) is 0 Å². The molecule has 3 rings (SSSR count). The number of ether oxygens (including phenoxy) is 1. The summed E-state index contributed by atoms with van der Waals surface area (Å²) in [4.78, 5) is 24.1. The van der Waals surface area contributed by atoms with Gasteiger partial charge in [0, 0.05) is 4.47 Å². The van der Waals surface area contributed by atoms with Crippen molar-refractivity contribution in [3.05, 3.63) is 100 Å². The van der Waals surface area contributed by atoms with Crippen molar-refractivity contribution in [3.63, 3.8) is 0 Å². The SMILES string of the molecule is O=C(Oc1ccc(/C=N\NC(=O)[C@@H](O)c2ccccc2)cc1)c1cccc(Br)c1. The van der Waals surface area contributed by atoms with Crippen LogP contribution in [-0.4, -0.2) is 23.2 Å². The minimum absolute atomic E-state index is 0.385. The van der Waals surface area contributed by atoms with Gasteiger partial charge < -0.3 is 9.84 Å². The third-order valence-electron chi connectivity index (χ3n) is 3.90. The van der Waals surface area contributed by atoms with Gasteiger partial charge in [0.2, 0.25) is 0 Å². The lowest BCUT2D eigenvalue weighted by atomic mass is 10.1. The van der Waals surface area contributed by atoms with Crippen LogP contribution in [0.15, 0.2) is 88.4 Å². The van der Waals surface area contributed by atoms with Crippen LogP contribution in [0.1, 0.15) is 27.6 Å². The number of hydrazone groups is 1. The lowest BCUT2D eigenvalue weighted by molar-refractivity contribution is -0.129. The number of aliphatic hydroxyl groups is 1. The standard InChI is InChI=1S/C22H17BrN2O4/c23-18-8-4-7-17(13-18)22(28)29-19-11-9-15(10-12-19)14-24-25-21(27)20(26)16-5-2-1-3-6-16/h1-14,20,26H,(H,25,27)/b24-14-/t20-/m0/s1. The zero-order valence-electron chi connectivity index (χ0n) is 15.2. The Morgan fingerprint density at radius 1 is 1.00 bits per heavy atom. The first-order valence-corrected chi connectivity index (χ1v) is 9.46. The van der Waals surface area contributed by atoms with Crippen molar-refractivity contribution >= 4 is 34.0 Å². The summed E-state index contributed by atoms with van der Waals surface area (Å²) in [5.74, 6) is -0.711. The van der Waals surface area contributed by atoms with Gasteiger partial charge in [-0.2, -0.15) is 5.10 Å². The molecule has 0 radical (unpaired) electrons. The molecule has 0 aliphatic carbocycles. The molecule has 3 aromatic rings. The Morgan fingerprint density at radius 3 is 2.41 bits per heavy atom. The molecule has 0 aliphatic heterocycles. The summed E-state index contributed by atoms with van der Waals surface area (Å²) >= 11 is 3.31. The quantitative estimate of drug-likeness (QED) is 0.257. The smallest absolute Gasteiger partial charge is 0.343 e. The maximum absolute atomic E-state index is 12.1. The summed E-state index contributed by atoms with van der Waals surface area (Å²) in [6, 6.07) is 22.1. The lowest BCUT2D eigenvalue weighted by Crippen LogP contribution is -2.25. The number of amides is 1. The molecule has 146 valence electrons. The second-order valence-electron chi connectivity index (χ2n) is 6.02. The first-order chi connectivity index (χ1) is 14.0. The third kappa shape index (κ3) is 5.84. The zero-order chi connectivity index (χ0) is 20.6. The number of aliphatic hydroxyl groups excluding tert-OH is 1. The van der Waals surface area contributed by atoms with E-state index in [1.807, 2.05) is 6.07 Å². The molecule has 0 bridgehead atoms. The highest BCUT2D eigenvalue weighted by Crippen LogP contribution is 2.16. The molecule has 1 atom stereocenters. The van der Waals surface area contributed by atoms with Crippen LogP contribution in [0, 0.1) is 0 Å². The molecule has 0 aromatic heterocycles. The van der Waals surface area contributed by atoms with Gasteiger partial charge in [0.1, 0.15) is 5.75 Å². The van der Waals surface area contributed by atoms with Crippen molar-refractivity contribution in [2.75, 3.05) is 0 Å². The van der Waals surface area contributed by atoms with E-state index >= 15 is 0 Å². The monoisotopic (exact) mass is 452 g/mol. The molecule has 0 heterocycles. The number of benzene rings is 3. The van der Waals surface area contributed by atoms with E-state index in [2.05, 4.69) is 26.5 Å². The number of rotatable bonds is 6. The van der Waals surface area contributed by atoms with Crippen LogP contribution in [0.25, 0.3) is 0 Å². The highest BCUT2D eigenvalue weighted by Gasteiger charge is 2.16. The van der Waals surface area contributed by atoms with Crippen LogP contribution in [0.4, 0.5) is 0 Å². The third-order valence-corrected chi connectivity index (χ3v) is 4.40. The normalized spacial score (nSPS) is 11.8. The average molecular weight is 453 g/mol. The zero-order valence-corrected chi connectivity index (χ0v) is 16.7. The van der Waals surface area contributed by atoms with Gasteiger partial charge in [-0.3, -0.25) is 4.79 Å². The van der Waals surface area contributed by atoms with E-state index in [-0.39, 0.29) is 0 Å². The summed E-state index contributed by atoms with van der Waals surface area (Å²) < 4.78 is 6.12. The van der Waals surface area contributed by atoms with Crippen molar-refractivity contribution in [3.8, 4) is 5.75 Å². The van der Waals surface area contributed by atoms with Crippen LogP contribution in [0.2, 0.25) is 0 Å². The summed E-state index contributed by atoms with van der Waals surface area (Å²) in [7, 11) is 0. The second-order valence-corrected chi connectivity index (χ2v) is 6.93. The first-order valence-electron chi connectivity index (χ1n) is 8.66. The molecule has 0 unspecified atom stereocenters. The minimum atomic E-state index is -1.30. The molecule has 0 aliphatic rings. The maximum Gasteiger partial charge on any atom is 0.343 e. The van der Waals surface area contributed by atoms with Crippen molar-refractivity contribution in [2.45, 2.75) is 6.10 Å². The molecule has 3 aromatic carbocycles. The maximum atomic E-state index is 12.1. The van der Waals surface area contributed by atoms with Gasteiger partial charge in [-0.1, -0.05) is 52.3 Å². The molecule has 0 saturated carbocycles. The fourth-order valence-electron chi connectivity index (χ4n) is 2.42. The van der Waals surface area contributed by atoms with Gasteiger partial charge in [-0.15, -0.1) is 0 Å². The van der Waals surface area contributed by atoms with Crippen LogP contribution in [0.5, 0.6) is 5.75 Å². The number of esters is 1. The second kappa shape index (κ2) is 9.77. The van der Waals surface area contributed by atoms with Gasteiger partial charge in [-0.05, 0) is 53.6 Å². The Hall–Kier alpha value is -3.29. The Morgan fingerprint density at radius 2 is 1.72 bits per heavy atom. The highest BCUT2D eigenvalue weighted by molar-refractivity contribution is 9.10. The topological polar surface area (TPSA) is 88.0 Å². The number of carbonyl (C=O) groups excluding carboxylic acids is 2. The van der Waals surface area contributed by atoms with Crippen molar-refractivity contribution in [2.24, 2.45) is 5.10 Å². The highest BCUT2D eigenvalue weighted by atomic mass is 79.9. The number of nitrogens with one attached hydrogen (secondary N) is 1. The molecule has 0 fully saturated rings. The molecule has 2 N–H and O–H groups in total. The summed E-state index contributed by atoms with van der Waals surface area (Å²) in [6.07, 6.45) is 0.128. The Labute approximate surface area is 176 Å². The van der Waals surface area contributed by atoms with Gasteiger partial charge in [0.05, 0.1) is 11.8 Å². The predicted octanol–water partition coefficient (Wildman–Crippen LogP) is 3.85. The van der Waals surface area contributed by atoms with Gasteiger partial charge in [0.15, 0.2) is 6.10 Å². The molecule has 29 heavy (non-hydrogen) atoms. The fraction of sp³-hybridized carbons (Fsp3) is 0.0455. The molecular weight excluding hydrogens is 436 g/mol. The van der Waals surface area contributed by atoms with E-state index < -0.39 is 18.0 Å². The van der Waals surface area contributed by atoms with Crippen LogP contribution in [-0.2, 0) is 4.79 Å². The fourth-order valence-corrected chi connectivity index (χ4v) is 2.82. The molecular formula is C22H17BrN2O4. The van der Waals surface area contributed by atoms with E-state index in [9.17, 15) is 14.7 Å². The molecule has 1 amide bonds. The number of nitrogens with zero attached hydrogens (tertiary/aromatic N) is 1. The Balaban J connectivity index is 1.55. The summed E-state index contributed by atoms with van der Waals surface area (Å²) in [6.45, 7) is 0. The number of halogens is 1. The van der Waals surface area contributed by atoms with Gasteiger partial charge >= 0.3 is 5.97 Å². The first kappa shape index (κ1) is 20.4. The van der Waals surface area contributed by atoms with Crippen molar-refractivity contribution < 1.29 is 19.4 Å². The van der Waals surface area contributed by atoms with Crippen LogP contribution >= 0.6 is 15.9 Å². The molecule has 0 spiro atoms. The van der Waals surface area contributed by atoms with Gasteiger partial charge in [-0.25, -0.2) is 10.2 Å². The summed E-state index contributed by atoms with van der Waals surface area (Å²) in [5, 5.41) is 13.8. The van der Waals surface area contributed by atoms with E-state index in [1.54, 1.807) is 72.8 Å².